The monoisotopic (exact) mass is 566 g/mol. The second kappa shape index (κ2) is 9.95. The van der Waals surface area contributed by atoms with Crippen LogP contribution < -0.4 is 5.32 Å². The zero-order valence-electron chi connectivity index (χ0n) is 21.9. The van der Waals surface area contributed by atoms with E-state index in [9.17, 15) is 23.8 Å². The Hall–Kier alpha value is -3.32. The van der Waals surface area contributed by atoms with E-state index in [1.807, 2.05) is 0 Å². The van der Waals surface area contributed by atoms with Crippen LogP contribution in [0.4, 0.5) is 14.5 Å². The van der Waals surface area contributed by atoms with Crippen LogP contribution in [-0.2, 0) is 7.05 Å². The summed E-state index contributed by atoms with van der Waals surface area (Å²) in [5.41, 5.74) is -0.0662. The molecule has 208 valence electrons. The van der Waals surface area contributed by atoms with Gasteiger partial charge in [-0.1, -0.05) is 23.4 Å². The number of rotatable bonds is 4. The van der Waals surface area contributed by atoms with Gasteiger partial charge in [-0.15, -0.1) is 0 Å². The summed E-state index contributed by atoms with van der Waals surface area (Å²) in [7, 11) is 1.76. The quantitative estimate of drug-likeness (QED) is 0.388. The maximum absolute atomic E-state index is 13.5. The van der Waals surface area contributed by atoms with Gasteiger partial charge in [0.25, 0.3) is 5.91 Å². The Morgan fingerprint density at radius 1 is 1.02 bits per heavy atom. The first-order valence-electron chi connectivity index (χ1n) is 13.4. The van der Waals surface area contributed by atoms with E-state index in [1.54, 1.807) is 24.0 Å². The molecule has 0 aliphatic heterocycles. The normalized spacial score (nSPS) is 30.8. The Bertz CT molecular complexity index is 1510. The van der Waals surface area contributed by atoms with Crippen molar-refractivity contribution in [3.05, 3.63) is 76.6 Å². The summed E-state index contributed by atoms with van der Waals surface area (Å²) in [4.78, 5) is 21.8. The Morgan fingerprint density at radius 3 is 2.33 bits per heavy atom. The molecule has 0 spiro atoms. The van der Waals surface area contributed by atoms with Gasteiger partial charge < -0.3 is 20.1 Å². The molecule has 6 rings (SSSR count). The number of imidazole rings is 1. The number of benzene rings is 1. The third-order valence-electron chi connectivity index (χ3n) is 8.65. The standard InChI is InChI=1S/C30H29ClF2N4O3/c1-37-16-35-26(27(37)28(38)36-22-3-4-24(33)23(31)10-22)17-8-18-11-29(39,12-19(18)9-17)6-7-30(40)13-20(14-30)25-5-2-21(32)15-34-25/h2-5,10,15-20,39-40H,8-9,11-14H2,1H3,(H,36,38). The molecule has 3 N–H and O–H groups in total. The number of nitrogens with zero attached hydrogens (tertiary/aromatic N) is 3. The molecule has 0 bridgehead atoms. The average Bonchev–Trinajstić information content (AvgIpc) is 3.55. The minimum Gasteiger partial charge on any atom is -0.378 e. The van der Waals surface area contributed by atoms with E-state index >= 15 is 0 Å². The fourth-order valence-electron chi connectivity index (χ4n) is 6.70. The summed E-state index contributed by atoms with van der Waals surface area (Å²) in [5, 5.41) is 24.8. The van der Waals surface area contributed by atoms with Crippen molar-refractivity contribution in [2.45, 2.75) is 61.6 Å². The number of aryl methyl sites for hydroxylation is 1. The predicted molar refractivity (Wildman–Crippen MR) is 145 cm³/mol. The first-order valence-corrected chi connectivity index (χ1v) is 13.8. The zero-order valence-corrected chi connectivity index (χ0v) is 22.6. The third kappa shape index (κ3) is 5.12. The molecule has 2 aromatic heterocycles. The van der Waals surface area contributed by atoms with Crippen molar-refractivity contribution in [2.24, 2.45) is 18.9 Å². The van der Waals surface area contributed by atoms with E-state index in [-0.39, 0.29) is 34.6 Å². The van der Waals surface area contributed by atoms with Crippen molar-refractivity contribution in [1.29, 1.82) is 0 Å². The summed E-state index contributed by atoms with van der Waals surface area (Å²) in [6.45, 7) is 0. The number of anilines is 1. The van der Waals surface area contributed by atoms with Crippen LogP contribution in [0, 0.1) is 35.3 Å². The van der Waals surface area contributed by atoms with Gasteiger partial charge in [-0.3, -0.25) is 9.78 Å². The molecule has 0 radical (unpaired) electrons. The summed E-state index contributed by atoms with van der Waals surface area (Å²) in [6, 6.07) is 7.02. The van der Waals surface area contributed by atoms with Gasteiger partial charge in [-0.2, -0.15) is 0 Å². The highest BCUT2D eigenvalue weighted by Crippen LogP contribution is 2.54. The van der Waals surface area contributed by atoms with Gasteiger partial charge in [0.2, 0.25) is 0 Å². The van der Waals surface area contributed by atoms with E-state index in [0.29, 0.717) is 42.8 Å². The molecular weight excluding hydrogens is 538 g/mol. The fraction of sp³-hybridized carbons (Fsp3) is 0.433. The second-order valence-corrected chi connectivity index (χ2v) is 12.0. The summed E-state index contributed by atoms with van der Waals surface area (Å²) >= 11 is 5.86. The van der Waals surface area contributed by atoms with E-state index < -0.39 is 22.8 Å². The highest BCUT2D eigenvalue weighted by atomic mass is 35.5. The van der Waals surface area contributed by atoms with E-state index in [4.69, 9.17) is 11.6 Å². The Kier molecular flexibility index (Phi) is 6.68. The number of fused-ring (bicyclic) bond motifs is 1. The maximum Gasteiger partial charge on any atom is 0.274 e. The number of hydrogen-bond donors (Lipinski definition) is 3. The topological polar surface area (TPSA) is 100 Å². The van der Waals surface area contributed by atoms with Crippen molar-refractivity contribution in [2.75, 3.05) is 5.32 Å². The number of hydrogen-bond acceptors (Lipinski definition) is 5. The highest BCUT2D eigenvalue weighted by molar-refractivity contribution is 6.31. The Labute approximate surface area is 235 Å². The average molecular weight is 567 g/mol. The molecule has 1 aromatic carbocycles. The molecule has 3 aliphatic carbocycles. The predicted octanol–water partition coefficient (Wildman–Crippen LogP) is 4.95. The zero-order chi connectivity index (χ0) is 28.2. The molecule has 10 heteroatoms. The van der Waals surface area contributed by atoms with Crippen LogP contribution in [0.1, 0.15) is 72.2 Å². The second-order valence-electron chi connectivity index (χ2n) is 11.6. The molecular formula is C30H29ClF2N4O3. The molecule has 2 heterocycles. The van der Waals surface area contributed by atoms with Crippen LogP contribution in [0.5, 0.6) is 0 Å². The van der Waals surface area contributed by atoms with Crippen LogP contribution >= 0.6 is 11.6 Å². The van der Waals surface area contributed by atoms with E-state index in [0.717, 1.165) is 18.5 Å². The molecule has 3 fully saturated rings. The SMILES string of the molecule is Cn1cnc(C2CC3CC(O)(C#CC4(O)CC(c5ccc(F)cn5)C4)CC3C2)c1C(=O)Nc1ccc(F)c(Cl)c1. The number of nitrogens with one attached hydrogen (secondary N) is 1. The molecule has 3 aromatic rings. The molecule has 0 saturated heterocycles. The van der Waals surface area contributed by atoms with Crippen LogP contribution in [-0.4, -0.2) is 41.9 Å². The number of amides is 1. The third-order valence-corrected chi connectivity index (χ3v) is 8.94. The molecule has 3 aliphatic rings. The Morgan fingerprint density at radius 2 is 1.70 bits per heavy atom. The maximum atomic E-state index is 13.5. The van der Waals surface area contributed by atoms with Crippen molar-refractivity contribution < 1.29 is 23.8 Å². The lowest BCUT2D eigenvalue weighted by Gasteiger charge is -2.39. The van der Waals surface area contributed by atoms with Gasteiger partial charge >= 0.3 is 0 Å². The molecule has 40 heavy (non-hydrogen) atoms. The summed E-state index contributed by atoms with van der Waals surface area (Å²) in [6.07, 6.45) is 6.15. The first-order chi connectivity index (χ1) is 19.0. The van der Waals surface area contributed by atoms with Crippen molar-refractivity contribution in [1.82, 2.24) is 14.5 Å². The van der Waals surface area contributed by atoms with Crippen LogP contribution in [0.25, 0.3) is 0 Å². The number of aromatic nitrogens is 3. The molecule has 3 saturated carbocycles. The lowest BCUT2D eigenvalue weighted by molar-refractivity contribution is 0.00349. The Balaban J connectivity index is 1.09. The van der Waals surface area contributed by atoms with Crippen molar-refractivity contribution in [3.8, 4) is 11.8 Å². The number of aliphatic hydroxyl groups is 2. The largest absolute Gasteiger partial charge is 0.378 e. The smallest absolute Gasteiger partial charge is 0.274 e. The summed E-state index contributed by atoms with van der Waals surface area (Å²) < 4.78 is 28.3. The van der Waals surface area contributed by atoms with Gasteiger partial charge in [0.05, 0.1) is 23.2 Å². The van der Waals surface area contributed by atoms with Gasteiger partial charge in [-0.25, -0.2) is 13.8 Å². The molecule has 7 nitrogen and oxygen atoms in total. The van der Waals surface area contributed by atoms with E-state index in [2.05, 4.69) is 27.1 Å². The van der Waals surface area contributed by atoms with Gasteiger partial charge in [0.15, 0.2) is 0 Å². The number of carbonyl (C=O) groups is 1. The molecule has 1 amide bonds. The van der Waals surface area contributed by atoms with Gasteiger partial charge in [0.1, 0.15) is 28.5 Å². The van der Waals surface area contributed by atoms with Gasteiger partial charge in [0, 0.05) is 30.3 Å². The van der Waals surface area contributed by atoms with E-state index in [1.165, 1.54) is 30.5 Å². The minimum absolute atomic E-state index is 0.0167. The van der Waals surface area contributed by atoms with Crippen molar-refractivity contribution >= 4 is 23.2 Å². The summed E-state index contributed by atoms with van der Waals surface area (Å²) in [5.74, 6) is 5.15. The minimum atomic E-state index is -1.18. The van der Waals surface area contributed by atoms with Crippen LogP contribution in [0.3, 0.4) is 0 Å². The number of carbonyl (C=O) groups excluding carboxylic acids is 1. The lowest BCUT2D eigenvalue weighted by Crippen LogP contribution is -2.42. The van der Waals surface area contributed by atoms with Crippen LogP contribution in [0.2, 0.25) is 5.02 Å². The molecule has 2 atom stereocenters. The fourth-order valence-corrected chi connectivity index (χ4v) is 6.88. The first kappa shape index (κ1) is 26.9. The van der Waals surface area contributed by atoms with Crippen LogP contribution in [0.15, 0.2) is 42.9 Å². The highest BCUT2D eigenvalue weighted by Gasteiger charge is 2.50. The van der Waals surface area contributed by atoms with Crippen molar-refractivity contribution in [3.63, 3.8) is 0 Å². The molecule has 2 unspecified atom stereocenters. The lowest BCUT2D eigenvalue weighted by atomic mass is 9.69. The van der Waals surface area contributed by atoms with Gasteiger partial charge in [-0.05, 0) is 80.7 Å². The number of pyridine rings is 1. The number of halogens is 3.